The highest BCUT2D eigenvalue weighted by atomic mass is 16.3. The molecule has 1 fully saturated rings. The molecule has 1 saturated carbocycles. The summed E-state index contributed by atoms with van der Waals surface area (Å²) in [6.45, 7) is 8.48. The fourth-order valence-electron chi connectivity index (χ4n) is 3.39. The topological polar surface area (TPSA) is 40.5 Å². The molecule has 2 N–H and O–H groups in total. The highest BCUT2D eigenvalue weighted by Gasteiger charge is 2.41. The molecule has 0 spiro atoms. The van der Waals surface area contributed by atoms with Gasteiger partial charge >= 0.3 is 0 Å². The molecule has 0 aromatic carbocycles. The molecule has 0 radical (unpaired) electrons. The molecule has 0 aromatic rings. The molecule has 1 aliphatic rings. The lowest BCUT2D eigenvalue weighted by atomic mass is 9.61. The Morgan fingerprint density at radius 1 is 1.33 bits per heavy atom. The van der Waals surface area contributed by atoms with Crippen LogP contribution in [0.2, 0.25) is 0 Å². The van der Waals surface area contributed by atoms with Crippen molar-refractivity contribution in [3.8, 4) is 0 Å². The van der Waals surface area contributed by atoms with Crippen LogP contribution in [0.4, 0.5) is 0 Å². The molecule has 0 aromatic heterocycles. The van der Waals surface area contributed by atoms with E-state index in [9.17, 15) is 10.2 Å². The van der Waals surface area contributed by atoms with Crippen LogP contribution in [0, 0.1) is 17.3 Å². The number of hydrogen-bond donors (Lipinski definition) is 2. The van der Waals surface area contributed by atoms with Gasteiger partial charge in [0.15, 0.2) is 0 Å². The Kier molecular flexibility index (Phi) is 4.19. The maximum absolute atomic E-state index is 10.2. The summed E-state index contributed by atoms with van der Waals surface area (Å²) in [6.07, 6.45) is 3.44. The average molecular weight is 214 g/mol. The zero-order valence-corrected chi connectivity index (χ0v) is 10.5. The van der Waals surface area contributed by atoms with Crippen molar-refractivity contribution in [3.63, 3.8) is 0 Å². The van der Waals surface area contributed by atoms with E-state index in [1.165, 1.54) is 19.3 Å². The van der Waals surface area contributed by atoms with Gasteiger partial charge in [-0.3, -0.25) is 0 Å². The van der Waals surface area contributed by atoms with Gasteiger partial charge in [-0.1, -0.05) is 33.6 Å². The first-order chi connectivity index (χ1) is 6.84. The van der Waals surface area contributed by atoms with Crippen molar-refractivity contribution < 1.29 is 10.2 Å². The Balaban J connectivity index is 2.69. The van der Waals surface area contributed by atoms with Gasteiger partial charge in [-0.05, 0) is 37.0 Å². The zero-order valence-electron chi connectivity index (χ0n) is 10.5. The lowest BCUT2D eigenvalue weighted by Crippen LogP contribution is -2.42. The first-order valence-corrected chi connectivity index (χ1v) is 6.20. The van der Waals surface area contributed by atoms with Gasteiger partial charge in [0.2, 0.25) is 0 Å². The molecule has 0 amide bonds. The van der Waals surface area contributed by atoms with Gasteiger partial charge in [0.1, 0.15) is 0 Å². The minimum Gasteiger partial charge on any atom is -0.393 e. The van der Waals surface area contributed by atoms with Crippen molar-refractivity contribution in [1.82, 2.24) is 0 Å². The van der Waals surface area contributed by atoms with Gasteiger partial charge in [0.25, 0.3) is 0 Å². The van der Waals surface area contributed by atoms with E-state index in [0.717, 1.165) is 0 Å². The first-order valence-electron chi connectivity index (χ1n) is 6.20. The van der Waals surface area contributed by atoms with E-state index in [1.54, 1.807) is 6.92 Å². The second kappa shape index (κ2) is 4.84. The monoisotopic (exact) mass is 214 g/mol. The summed E-state index contributed by atoms with van der Waals surface area (Å²) in [7, 11) is 0. The number of rotatable bonds is 3. The van der Waals surface area contributed by atoms with Gasteiger partial charge in [0.05, 0.1) is 12.2 Å². The Morgan fingerprint density at radius 3 is 2.40 bits per heavy atom. The van der Waals surface area contributed by atoms with Crippen molar-refractivity contribution in [2.75, 3.05) is 0 Å². The van der Waals surface area contributed by atoms with Crippen LogP contribution in [0.5, 0.6) is 0 Å². The molecule has 0 bridgehead atoms. The van der Waals surface area contributed by atoms with Crippen LogP contribution in [0.25, 0.3) is 0 Å². The second-order valence-electron chi connectivity index (χ2n) is 6.04. The van der Waals surface area contributed by atoms with Crippen LogP contribution in [0.15, 0.2) is 0 Å². The summed E-state index contributed by atoms with van der Waals surface area (Å²) in [5.74, 6) is 0.906. The third kappa shape index (κ3) is 3.18. The third-order valence-electron chi connectivity index (χ3n) is 3.99. The standard InChI is InChI=1S/C13H26O2/c1-9-6-5-7-13(3,4)12(9)11(15)8-10(2)14/h9-12,14-15H,5-8H2,1-4H3. The molecule has 2 nitrogen and oxygen atoms in total. The molecule has 0 heterocycles. The molecule has 1 aliphatic carbocycles. The predicted molar refractivity (Wildman–Crippen MR) is 62.6 cm³/mol. The Morgan fingerprint density at radius 2 is 1.93 bits per heavy atom. The number of hydrogen-bond acceptors (Lipinski definition) is 2. The lowest BCUT2D eigenvalue weighted by Gasteiger charge is -2.45. The van der Waals surface area contributed by atoms with Gasteiger partial charge in [-0.15, -0.1) is 0 Å². The smallest absolute Gasteiger partial charge is 0.0600 e. The van der Waals surface area contributed by atoms with E-state index in [4.69, 9.17) is 0 Å². The number of aliphatic hydroxyl groups is 2. The van der Waals surface area contributed by atoms with Gasteiger partial charge < -0.3 is 10.2 Å². The minimum atomic E-state index is -0.398. The maximum Gasteiger partial charge on any atom is 0.0600 e. The van der Waals surface area contributed by atoms with Crippen LogP contribution in [-0.4, -0.2) is 22.4 Å². The van der Waals surface area contributed by atoms with Gasteiger partial charge in [0, 0.05) is 0 Å². The molecule has 2 heteroatoms. The summed E-state index contributed by atoms with van der Waals surface area (Å²) >= 11 is 0. The Hall–Kier alpha value is -0.0800. The number of aliphatic hydroxyl groups excluding tert-OH is 2. The van der Waals surface area contributed by atoms with Crippen LogP contribution < -0.4 is 0 Å². The minimum absolute atomic E-state index is 0.214. The van der Waals surface area contributed by atoms with E-state index in [1.807, 2.05) is 0 Å². The molecule has 4 unspecified atom stereocenters. The fourth-order valence-corrected chi connectivity index (χ4v) is 3.39. The molecular formula is C13H26O2. The molecule has 4 atom stereocenters. The van der Waals surface area contributed by atoms with E-state index in [2.05, 4.69) is 20.8 Å². The SMILES string of the molecule is CC(O)CC(O)C1C(C)CCCC1(C)C. The second-order valence-corrected chi connectivity index (χ2v) is 6.04. The van der Waals surface area contributed by atoms with Gasteiger partial charge in [-0.2, -0.15) is 0 Å². The zero-order chi connectivity index (χ0) is 11.6. The van der Waals surface area contributed by atoms with E-state index >= 15 is 0 Å². The first kappa shape index (κ1) is 13.0. The summed E-state index contributed by atoms with van der Waals surface area (Å²) < 4.78 is 0. The molecule has 15 heavy (non-hydrogen) atoms. The van der Waals surface area contributed by atoms with E-state index in [0.29, 0.717) is 18.3 Å². The van der Waals surface area contributed by atoms with Crippen LogP contribution in [0.3, 0.4) is 0 Å². The maximum atomic E-state index is 10.2. The van der Waals surface area contributed by atoms with Crippen molar-refractivity contribution in [2.45, 2.75) is 65.6 Å². The molecule has 0 saturated heterocycles. The molecule has 90 valence electrons. The third-order valence-corrected chi connectivity index (χ3v) is 3.99. The largest absolute Gasteiger partial charge is 0.393 e. The fraction of sp³-hybridized carbons (Fsp3) is 1.00. The average Bonchev–Trinajstić information content (AvgIpc) is 1.99. The molecular weight excluding hydrogens is 188 g/mol. The van der Waals surface area contributed by atoms with E-state index in [-0.39, 0.29) is 11.5 Å². The van der Waals surface area contributed by atoms with Crippen LogP contribution >= 0.6 is 0 Å². The predicted octanol–water partition coefficient (Wildman–Crippen LogP) is 2.58. The van der Waals surface area contributed by atoms with Crippen molar-refractivity contribution in [3.05, 3.63) is 0 Å². The van der Waals surface area contributed by atoms with Crippen molar-refractivity contribution in [1.29, 1.82) is 0 Å². The van der Waals surface area contributed by atoms with Crippen LogP contribution in [0.1, 0.15) is 53.4 Å². The van der Waals surface area contributed by atoms with Crippen LogP contribution in [-0.2, 0) is 0 Å². The lowest BCUT2D eigenvalue weighted by molar-refractivity contribution is -0.0463. The molecule has 0 aliphatic heterocycles. The summed E-state index contributed by atoms with van der Waals surface area (Å²) in [4.78, 5) is 0. The summed E-state index contributed by atoms with van der Waals surface area (Å²) in [5, 5.41) is 19.5. The quantitative estimate of drug-likeness (QED) is 0.758. The highest BCUT2D eigenvalue weighted by molar-refractivity contribution is 4.90. The highest BCUT2D eigenvalue weighted by Crippen LogP contribution is 2.46. The van der Waals surface area contributed by atoms with E-state index < -0.39 is 6.10 Å². The summed E-state index contributed by atoms with van der Waals surface area (Å²) in [6, 6.07) is 0. The van der Waals surface area contributed by atoms with Crippen molar-refractivity contribution >= 4 is 0 Å². The Labute approximate surface area is 93.7 Å². The molecule has 1 rings (SSSR count). The summed E-state index contributed by atoms with van der Waals surface area (Å²) in [5.41, 5.74) is 0.214. The normalized spacial score (nSPS) is 34.8. The Bertz CT molecular complexity index is 199. The van der Waals surface area contributed by atoms with Gasteiger partial charge in [-0.25, -0.2) is 0 Å². The van der Waals surface area contributed by atoms with Crippen molar-refractivity contribution in [2.24, 2.45) is 17.3 Å².